The zero-order chi connectivity index (χ0) is 18.2. The number of benzene rings is 1. The van der Waals surface area contributed by atoms with Crippen LogP contribution in [-0.2, 0) is 13.1 Å². The SMILES string of the molecule is Cl.Cl.O=C(c1cccc2cccnc12)N1CCC(c2nnc3n2CCNC3)CC1. The van der Waals surface area contributed by atoms with Crippen molar-refractivity contribution in [2.75, 3.05) is 19.6 Å². The normalized spacial score (nSPS) is 16.6. The molecule has 1 N–H and O–H groups in total. The Labute approximate surface area is 181 Å². The lowest BCUT2D eigenvalue weighted by Crippen LogP contribution is -2.39. The third kappa shape index (κ3) is 3.95. The predicted molar refractivity (Wildman–Crippen MR) is 116 cm³/mol. The lowest BCUT2D eigenvalue weighted by atomic mass is 9.95. The number of amides is 1. The molecule has 2 aliphatic heterocycles. The van der Waals surface area contributed by atoms with Gasteiger partial charge in [0.1, 0.15) is 11.6 Å². The minimum absolute atomic E-state index is 0. The minimum atomic E-state index is 0. The Bertz CT molecular complexity index is 994. The Hall–Kier alpha value is -2.22. The van der Waals surface area contributed by atoms with E-state index in [-0.39, 0.29) is 30.7 Å². The first-order valence-corrected chi connectivity index (χ1v) is 9.57. The summed E-state index contributed by atoms with van der Waals surface area (Å²) in [5.41, 5.74) is 1.48. The van der Waals surface area contributed by atoms with Crippen LogP contribution in [0.1, 0.15) is 40.8 Å². The zero-order valence-electron chi connectivity index (χ0n) is 16.0. The van der Waals surface area contributed by atoms with Crippen molar-refractivity contribution in [3.8, 4) is 0 Å². The molecular formula is C20H24Cl2N6O. The molecule has 154 valence electrons. The molecule has 0 atom stereocenters. The third-order valence-electron chi connectivity index (χ3n) is 5.66. The number of pyridine rings is 1. The van der Waals surface area contributed by atoms with Crippen molar-refractivity contribution in [1.29, 1.82) is 0 Å². The minimum Gasteiger partial charge on any atom is -0.339 e. The summed E-state index contributed by atoms with van der Waals surface area (Å²) in [6.07, 6.45) is 3.60. The van der Waals surface area contributed by atoms with Crippen LogP contribution in [0.4, 0.5) is 0 Å². The number of aromatic nitrogens is 4. The smallest absolute Gasteiger partial charge is 0.256 e. The van der Waals surface area contributed by atoms with Crippen LogP contribution in [0, 0.1) is 0 Å². The van der Waals surface area contributed by atoms with Gasteiger partial charge in [0, 0.05) is 43.7 Å². The van der Waals surface area contributed by atoms with Gasteiger partial charge in [-0.3, -0.25) is 9.78 Å². The van der Waals surface area contributed by atoms with Crippen LogP contribution in [0.5, 0.6) is 0 Å². The predicted octanol–water partition coefficient (Wildman–Crippen LogP) is 2.79. The van der Waals surface area contributed by atoms with E-state index in [1.165, 1.54) is 0 Å². The van der Waals surface area contributed by atoms with Crippen molar-refractivity contribution in [3.05, 3.63) is 53.7 Å². The van der Waals surface area contributed by atoms with Crippen LogP contribution in [0.15, 0.2) is 36.5 Å². The van der Waals surface area contributed by atoms with Crippen LogP contribution in [0.2, 0.25) is 0 Å². The molecule has 7 nitrogen and oxygen atoms in total. The summed E-state index contributed by atoms with van der Waals surface area (Å²) in [5, 5.41) is 13.1. The number of carbonyl (C=O) groups excluding carboxylic acids is 1. The molecule has 0 bridgehead atoms. The Balaban J connectivity index is 0.00000120. The van der Waals surface area contributed by atoms with Crippen molar-refractivity contribution >= 4 is 41.6 Å². The number of nitrogens with one attached hydrogen (secondary N) is 1. The first kappa shape index (κ1) is 21.5. The van der Waals surface area contributed by atoms with Gasteiger partial charge in [-0.05, 0) is 25.0 Å². The maximum Gasteiger partial charge on any atom is 0.256 e. The van der Waals surface area contributed by atoms with E-state index in [0.717, 1.165) is 68.1 Å². The van der Waals surface area contributed by atoms with E-state index in [1.54, 1.807) is 6.20 Å². The molecule has 5 rings (SSSR count). The summed E-state index contributed by atoms with van der Waals surface area (Å²) in [4.78, 5) is 19.5. The molecule has 29 heavy (non-hydrogen) atoms. The summed E-state index contributed by atoms with van der Waals surface area (Å²) in [7, 11) is 0. The second-order valence-electron chi connectivity index (χ2n) is 7.25. The number of carbonyl (C=O) groups is 1. The molecule has 0 radical (unpaired) electrons. The number of fused-ring (bicyclic) bond motifs is 2. The van der Waals surface area contributed by atoms with Crippen molar-refractivity contribution in [2.24, 2.45) is 0 Å². The van der Waals surface area contributed by atoms with E-state index >= 15 is 0 Å². The maximum atomic E-state index is 13.1. The number of nitrogens with zero attached hydrogens (tertiary/aromatic N) is 5. The number of halogens is 2. The number of hydrogen-bond acceptors (Lipinski definition) is 5. The second kappa shape index (κ2) is 9.07. The molecule has 2 aromatic heterocycles. The molecule has 0 spiro atoms. The number of para-hydroxylation sites is 1. The van der Waals surface area contributed by atoms with Gasteiger partial charge in [0.2, 0.25) is 0 Å². The van der Waals surface area contributed by atoms with Crippen LogP contribution in [0.25, 0.3) is 10.9 Å². The lowest BCUT2D eigenvalue weighted by Gasteiger charge is -2.32. The number of hydrogen-bond donors (Lipinski definition) is 1. The third-order valence-corrected chi connectivity index (χ3v) is 5.66. The Morgan fingerprint density at radius 2 is 1.83 bits per heavy atom. The molecule has 0 saturated carbocycles. The molecular weight excluding hydrogens is 411 g/mol. The van der Waals surface area contributed by atoms with E-state index in [0.29, 0.717) is 11.5 Å². The van der Waals surface area contributed by atoms with Gasteiger partial charge in [-0.1, -0.05) is 18.2 Å². The van der Waals surface area contributed by atoms with Gasteiger partial charge in [-0.15, -0.1) is 35.0 Å². The van der Waals surface area contributed by atoms with E-state index in [9.17, 15) is 4.79 Å². The fourth-order valence-electron chi connectivity index (χ4n) is 4.20. The molecule has 9 heteroatoms. The van der Waals surface area contributed by atoms with Gasteiger partial charge in [0.05, 0.1) is 17.6 Å². The highest BCUT2D eigenvalue weighted by molar-refractivity contribution is 6.05. The van der Waals surface area contributed by atoms with Crippen LogP contribution < -0.4 is 5.32 Å². The molecule has 4 heterocycles. The Morgan fingerprint density at radius 1 is 1.03 bits per heavy atom. The molecule has 2 aliphatic rings. The molecule has 1 amide bonds. The molecule has 0 unspecified atom stereocenters. The molecule has 3 aromatic rings. The summed E-state index contributed by atoms with van der Waals surface area (Å²) in [6.45, 7) is 4.17. The summed E-state index contributed by atoms with van der Waals surface area (Å²) in [5.74, 6) is 2.56. The van der Waals surface area contributed by atoms with Gasteiger partial charge in [0.25, 0.3) is 5.91 Å². The number of likely N-dealkylation sites (tertiary alicyclic amines) is 1. The first-order chi connectivity index (χ1) is 13.3. The summed E-state index contributed by atoms with van der Waals surface area (Å²) >= 11 is 0. The Kier molecular flexibility index (Phi) is 6.72. The van der Waals surface area contributed by atoms with Gasteiger partial charge >= 0.3 is 0 Å². The quantitative estimate of drug-likeness (QED) is 0.670. The van der Waals surface area contributed by atoms with Gasteiger partial charge in [0.15, 0.2) is 0 Å². The van der Waals surface area contributed by atoms with E-state index in [2.05, 4.69) is 25.1 Å². The molecule has 1 saturated heterocycles. The first-order valence-electron chi connectivity index (χ1n) is 9.57. The van der Waals surface area contributed by atoms with Crippen LogP contribution in [-0.4, -0.2) is 50.2 Å². The average molecular weight is 435 g/mol. The zero-order valence-corrected chi connectivity index (χ0v) is 17.6. The Morgan fingerprint density at radius 3 is 2.66 bits per heavy atom. The van der Waals surface area contributed by atoms with Crippen molar-refractivity contribution in [2.45, 2.75) is 31.8 Å². The molecule has 0 aliphatic carbocycles. The van der Waals surface area contributed by atoms with E-state index in [1.807, 2.05) is 35.2 Å². The number of piperidine rings is 1. The monoisotopic (exact) mass is 434 g/mol. The van der Waals surface area contributed by atoms with Crippen molar-refractivity contribution in [1.82, 2.24) is 30.0 Å². The highest BCUT2D eigenvalue weighted by atomic mass is 35.5. The summed E-state index contributed by atoms with van der Waals surface area (Å²) in [6, 6.07) is 9.70. The number of rotatable bonds is 2. The second-order valence-corrected chi connectivity index (χ2v) is 7.25. The van der Waals surface area contributed by atoms with E-state index in [4.69, 9.17) is 0 Å². The topological polar surface area (TPSA) is 75.9 Å². The standard InChI is InChI=1S/C20H22N6O.2ClH/c27-20(16-5-1-3-14-4-2-8-22-18(14)16)25-10-6-15(7-11-25)19-24-23-17-13-21-9-12-26(17)19;;/h1-5,8,15,21H,6-7,9-13H2;2*1H. The van der Waals surface area contributed by atoms with Crippen molar-refractivity contribution in [3.63, 3.8) is 0 Å². The maximum absolute atomic E-state index is 13.1. The largest absolute Gasteiger partial charge is 0.339 e. The molecule has 1 fully saturated rings. The van der Waals surface area contributed by atoms with Crippen molar-refractivity contribution < 1.29 is 4.79 Å². The fraction of sp³-hybridized carbons (Fsp3) is 0.400. The van der Waals surface area contributed by atoms with Crippen LogP contribution in [0.3, 0.4) is 0 Å². The van der Waals surface area contributed by atoms with Gasteiger partial charge < -0.3 is 14.8 Å². The fourth-order valence-corrected chi connectivity index (χ4v) is 4.20. The van der Waals surface area contributed by atoms with Gasteiger partial charge in [-0.2, -0.15) is 0 Å². The average Bonchev–Trinajstić information content (AvgIpc) is 3.17. The van der Waals surface area contributed by atoms with E-state index < -0.39 is 0 Å². The van der Waals surface area contributed by atoms with Crippen LogP contribution >= 0.6 is 24.8 Å². The highest BCUT2D eigenvalue weighted by Gasteiger charge is 2.29. The highest BCUT2D eigenvalue weighted by Crippen LogP contribution is 2.29. The lowest BCUT2D eigenvalue weighted by molar-refractivity contribution is 0.0712. The summed E-state index contributed by atoms with van der Waals surface area (Å²) < 4.78 is 2.26. The van der Waals surface area contributed by atoms with Gasteiger partial charge in [-0.25, -0.2) is 0 Å². The molecule has 1 aromatic carbocycles.